The van der Waals surface area contributed by atoms with Crippen molar-refractivity contribution in [2.45, 2.75) is 155 Å². The number of methoxy groups -OCH3 is 1. The molecule has 2 saturated carbocycles. The minimum atomic E-state index is -1.07. The van der Waals surface area contributed by atoms with E-state index in [1.54, 1.807) is 57.0 Å². The second-order valence-electron chi connectivity index (χ2n) is 22.1. The number of carbonyl (C=O) groups excluding carboxylic acids is 2. The molecule has 2 atom stereocenters. The van der Waals surface area contributed by atoms with Gasteiger partial charge in [0, 0.05) is 94.6 Å². The van der Waals surface area contributed by atoms with Crippen molar-refractivity contribution in [3.8, 4) is 23.3 Å². The molecule has 2 aliphatic carbocycles. The number of nitrogens with zero attached hydrogens (tertiary/aromatic N) is 9. The van der Waals surface area contributed by atoms with Crippen LogP contribution in [0.1, 0.15) is 163 Å². The Morgan fingerprint density at radius 3 is 1.60 bits per heavy atom. The first-order valence-corrected chi connectivity index (χ1v) is 28.4. The number of nitriles is 2. The van der Waals surface area contributed by atoms with Gasteiger partial charge in [-0.25, -0.2) is 29.3 Å². The zero-order valence-electron chi connectivity index (χ0n) is 48.2. The van der Waals surface area contributed by atoms with Crippen molar-refractivity contribution in [1.29, 1.82) is 10.5 Å². The number of pyridine rings is 3. The lowest BCUT2D eigenvalue weighted by Crippen LogP contribution is -2.41. The number of nitrogens with one attached hydrogen (secondary N) is 3. The maximum Gasteiger partial charge on any atom is 0.498 e. The van der Waals surface area contributed by atoms with Gasteiger partial charge < -0.3 is 43.9 Å². The molecule has 8 aromatic heterocycles. The summed E-state index contributed by atoms with van der Waals surface area (Å²) in [4.78, 5) is 55.7. The number of carboxylic acids is 1. The Morgan fingerprint density at radius 2 is 1.13 bits per heavy atom. The van der Waals surface area contributed by atoms with Crippen LogP contribution in [0.4, 0.5) is 0 Å². The van der Waals surface area contributed by atoms with E-state index < -0.39 is 17.9 Å². The van der Waals surface area contributed by atoms with Crippen LogP contribution in [0.2, 0.25) is 10.0 Å². The Morgan fingerprint density at radius 1 is 0.699 bits per heavy atom. The van der Waals surface area contributed by atoms with Crippen molar-refractivity contribution in [3.05, 3.63) is 107 Å². The highest BCUT2D eigenvalue weighted by atomic mass is 35.5. The normalized spacial score (nSPS) is 16.2. The molecular formula is C59H71BCl2N12O9. The summed E-state index contributed by atoms with van der Waals surface area (Å²) in [5.74, 6) is -0.924. The summed E-state index contributed by atoms with van der Waals surface area (Å²) in [6.45, 7) is 15.3. The Bertz CT molecular complexity index is 3560. The van der Waals surface area contributed by atoms with E-state index in [1.807, 2.05) is 47.9 Å². The van der Waals surface area contributed by atoms with E-state index in [4.69, 9.17) is 47.5 Å². The van der Waals surface area contributed by atoms with E-state index in [-0.39, 0.29) is 58.8 Å². The molecule has 1 saturated heterocycles. The van der Waals surface area contributed by atoms with Crippen molar-refractivity contribution in [2.75, 3.05) is 7.11 Å². The molecule has 0 amide bonds. The van der Waals surface area contributed by atoms with Gasteiger partial charge in [-0.3, -0.25) is 9.36 Å². The van der Waals surface area contributed by atoms with Crippen LogP contribution in [0, 0.1) is 34.5 Å². The van der Waals surface area contributed by atoms with Gasteiger partial charge >= 0.3 is 25.0 Å². The average Bonchev–Trinajstić information content (AvgIpc) is 3.30. The summed E-state index contributed by atoms with van der Waals surface area (Å²) in [5, 5.41) is 47.2. The number of H-pyrrole nitrogens is 3. The number of hydrogen-bond donors (Lipinski definition) is 5. The van der Waals surface area contributed by atoms with Crippen molar-refractivity contribution in [2.24, 2.45) is 11.8 Å². The molecule has 21 nitrogen and oxygen atoms in total. The monoisotopic (exact) mass is 1170 g/mol. The standard InChI is InChI=1S/C22H25N5O2.C17H26BN3O2.C9H7ClN2O2.C8H5ClN2O2.C3H8O/c1-14(2)29-22(28)18-12-25-21-17(8-10-24-21)20(18)16-11-26-27(13-16)19(7-9-23)15-5-3-4-6-15;1-16(2)17(3,4)23-18(22-16)14-11-20-21(12-14)15(9-10-19)13-7-5-6-8-13;1-14-9(13)6-4-12-8-5(7(6)10)2-3-11-8;9-6-4-1-2-10-7(4)11-3-5(6)8(12)13;1-3(2)4/h8,10-15,19H,3-7H2,1-2H3,(H,24,25);11-13,15H,5-9H2,1-4H3;2-4H,1H3,(H,11,12);1-3H,(H,10,11)(H,12,13);3-4H,1-2H3. The van der Waals surface area contributed by atoms with Crippen LogP contribution in [-0.4, -0.2) is 115 Å². The molecule has 5 N–H and O–H groups in total. The predicted octanol–water partition coefficient (Wildman–Crippen LogP) is 11.8. The Balaban J connectivity index is 0.000000163. The SMILES string of the molecule is CC(C)O.CC(C)OC(=O)c1cnc2[nH]ccc2c1-c1cnn(C(CC#N)C2CCCC2)c1.CC1(C)OB(c2cnn(C(CC#N)C3CCCC3)c2)OC1(C)C.COC(=O)c1cnc2[nH]ccc2c1Cl.O=C(O)c1cnc2[nH]ccc2c1Cl. The summed E-state index contributed by atoms with van der Waals surface area (Å²) in [6, 6.07) is 10.2. The molecule has 9 heterocycles. The number of fused-ring (bicyclic) bond motifs is 3. The summed E-state index contributed by atoms with van der Waals surface area (Å²) in [7, 11) is 0.917. The molecular weight excluding hydrogens is 1100 g/mol. The quantitative estimate of drug-likeness (QED) is 0.0561. The van der Waals surface area contributed by atoms with Gasteiger partial charge in [0.15, 0.2) is 0 Å². The lowest BCUT2D eigenvalue weighted by molar-refractivity contribution is 0.00578. The third-order valence-electron chi connectivity index (χ3n) is 15.0. The lowest BCUT2D eigenvalue weighted by atomic mass is 9.82. The van der Waals surface area contributed by atoms with Crippen molar-refractivity contribution in [1.82, 2.24) is 49.5 Å². The Hall–Kier alpha value is -7.60. The lowest BCUT2D eigenvalue weighted by Gasteiger charge is -2.32. The molecule has 3 aliphatic rings. The van der Waals surface area contributed by atoms with Gasteiger partial charge in [0.1, 0.15) is 16.9 Å². The molecule has 0 spiro atoms. The van der Waals surface area contributed by atoms with Gasteiger partial charge in [-0.15, -0.1) is 0 Å². The maximum absolute atomic E-state index is 12.7. The van der Waals surface area contributed by atoms with E-state index in [2.05, 4.69) is 84.7 Å². The fourth-order valence-corrected chi connectivity index (χ4v) is 10.8. The number of ether oxygens (including phenoxy) is 2. The highest BCUT2D eigenvalue weighted by molar-refractivity contribution is 6.62. The van der Waals surface area contributed by atoms with Gasteiger partial charge in [-0.1, -0.05) is 48.9 Å². The van der Waals surface area contributed by atoms with Crippen LogP contribution in [0.5, 0.6) is 0 Å². The third kappa shape index (κ3) is 15.2. The minimum absolute atomic E-state index is 0.0220. The third-order valence-corrected chi connectivity index (χ3v) is 15.8. The largest absolute Gasteiger partial charge is 0.498 e. The number of carboxylic acid groups (broad SMARTS) is 1. The number of carbonyl (C=O) groups is 3. The number of rotatable bonds is 12. The molecule has 0 radical (unpaired) electrons. The zero-order chi connectivity index (χ0) is 60.2. The Kier molecular flexibility index (Phi) is 21.3. The highest BCUT2D eigenvalue weighted by Gasteiger charge is 2.52. The molecule has 0 aromatic carbocycles. The van der Waals surface area contributed by atoms with Crippen LogP contribution >= 0.6 is 23.2 Å². The number of aliphatic hydroxyl groups excluding tert-OH is 1. The molecule has 8 aromatic rings. The van der Waals surface area contributed by atoms with Gasteiger partial charge in [0.2, 0.25) is 0 Å². The van der Waals surface area contributed by atoms with Crippen molar-refractivity contribution < 1.29 is 43.4 Å². The topological polar surface area (TPSA) is 298 Å². The summed E-state index contributed by atoms with van der Waals surface area (Å²) in [5.41, 5.74) is 4.50. The molecule has 24 heteroatoms. The van der Waals surface area contributed by atoms with E-state index in [1.165, 1.54) is 58.0 Å². The summed E-state index contributed by atoms with van der Waals surface area (Å²) >= 11 is 11.8. The van der Waals surface area contributed by atoms with Crippen molar-refractivity contribution >= 4 is 86.8 Å². The fraction of sp³-hybridized carbons (Fsp3) is 0.458. The van der Waals surface area contributed by atoms with Crippen LogP contribution in [0.3, 0.4) is 0 Å². The molecule has 438 valence electrons. The average molecular weight is 1170 g/mol. The molecule has 83 heavy (non-hydrogen) atoms. The van der Waals surface area contributed by atoms with Gasteiger partial charge in [0.25, 0.3) is 0 Å². The second kappa shape index (κ2) is 28.1. The Labute approximate surface area is 492 Å². The minimum Gasteiger partial charge on any atom is -0.478 e. The fourth-order valence-electron chi connectivity index (χ4n) is 10.2. The van der Waals surface area contributed by atoms with E-state index in [0.29, 0.717) is 57.6 Å². The summed E-state index contributed by atoms with van der Waals surface area (Å²) < 4.78 is 26.0. The van der Waals surface area contributed by atoms with E-state index in [0.717, 1.165) is 40.2 Å². The van der Waals surface area contributed by atoms with Crippen LogP contribution in [0.25, 0.3) is 44.2 Å². The number of aromatic carboxylic acids is 1. The van der Waals surface area contributed by atoms with Crippen LogP contribution in [0.15, 0.2) is 80.2 Å². The molecule has 1 aliphatic heterocycles. The first-order valence-electron chi connectivity index (χ1n) is 27.7. The number of halogens is 2. The van der Waals surface area contributed by atoms with E-state index >= 15 is 0 Å². The molecule has 2 unspecified atom stereocenters. The van der Waals surface area contributed by atoms with Crippen molar-refractivity contribution in [3.63, 3.8) is 0 Å². The number of esters is 2. The van der Waals surface area contributed by atoms with Crippen LogP contribution < -0.4 is 5.46 Å². The maximum atomic E-state index is 12.7. The number of aromatic amines is 3. The first kappa shape index (κ1) is 63.0. The number of aliphatic hydroxyl groups is 1. The second-order valence-corrected chi connectivity index (χ2v) is 22.8. The molecule has 11 rings (SSSR count). The zero-order valence-corrected chi connectivity index (χ0v) is 49.7. The highest BCUT2D eigenvalue weighted by Crippen LogP contribution is 2.40. The number of aromatic nitrogens is 10. The van der Waals surface area contributed by atoms with Gasteiger partial charge in [-0.2, -0.15) is 20.7 Å². The summed E-state index contributed by atoms with van der Waals surface area (Å²) in [6.07, 6.45) is 27.1. The van der Waals surface area contributed by atoms with E-state index in [9.17, 15) is 24.9 Å². The van der Waals surface area contributed by atoms with Gasteiger partial charge in [0.05, 0.1) is 94.4 Å². The molecule has 3 fully saturated rings. The first-order chi connectivity index (χ1) is 39.6. The predicted molar refractivity (Wildman–Crippen MR) is 316 cm³/mol. The smallest absolute Gasteiger partial charge is 0.478 e. The van der Waals surface area contributed by atoms with Crippen LogP contribution in [-0.2, 0) is 18.8 Å². The van der Waals surface area contributed by atoms with Gasteiger partial charge in [-0.05, 0) is 111 Å². The molecule has 0 bridgehead atoms. The number of hydrogen-bond acceptors (Lipinski definition) is 15.